The number of aryl methyl sites for hydroxylation is 1. The second-order valence-electron chi connectivity index (χ2n) is 4.45. The number of halogens is 1. The van der Waals surface area contributed by atoms with Crippen molar-refractivity contribution in [3.8, 4) is 0 Å². The molecule has 0 radical (unpaired) electrons. The van der Waals surface area contributed by atoms with E-state index in [2.05, 4.69) is 10.3 Å². The van der Waals surface area contributed by atoms with Crippen molar-refractivity contribution in [3.05, 3.63) is 23.5 Å². The third kappa shape index (κ3) is 2.57. The molecule has 1 aromatic rings. The van der Waals surface area contributed by atoms with Crippen LogP contribution in [0.1, 0.15) is 35.2 Å². The van der Waals surface area contributed by atoms with Crippen LogP contribution in [-0.4, -0.2) is 23.0 Å². The van der Waals surface area contributed by atoms with Gasteiger partial charge in [-0.25, -0.2) is 0 Å². The Labute approximate surface area is 101 Å². The number of rotatable bonds is 3. The third-order valence-electron chi connectivity index (χ3n) is 3.15. The number of carbonyl (C=O) groups is 1. The third-order valence-corrected chi connectivity index (χ3v) is 3.15. The molecule has 1 aromatic heterocycles. The summed E-state index contributed by atoms with van der Waals surface area (Å²) in [4.78, 5) is 14.6. The van der Waals surface area contributed by atoms with Gasteiger partial charge in [-0.1, -0.05) is 0 Å². The largest absolute Gasteiger partial charge is 0.367 e. The Morgan fingerprint density at radius 3 is 2.69 bits per heavy atom. The van der Waals surface area contributed by atoms with E-state index in [0.717, 1.165) is 18.4 Å². The Hall–Kier alpha value is -1.00. The Morgan fingerprint density at radius 1 is 1.56 bits per heavy atom. The fourth-order valence-electron chi connectivity index (χ4n) is 1.85. The first-order chi connectivity index (χ1) is 7.11. The predicted octanol–water partition coefficient (Wildman–Crippen LogP) is 1.36. The van der Waals surface area contributed by atoms with E-state index in [1.54, 1.807) is 6.20 Å². The summed E-state index contributed by atoms with van der Waals surface area (Å²) in [5, 5.41) is 2.88. The van der Waals surface area contributed by atoms with Crippen molar-refractivity contribution in [1.29, 1.82) is 0 Å². The molecule has 2 rings (SSSR count). The maximum Gasteiger partial charge on any atom is 0.253 e. The minimum atomic E-state index is -0.153. The lowest BCUT2D eigenvalue weighted by molar-refractivity contribution is 0.0929. The van der Waals surface area contributed by atoms with Crippen LogP contribution in [0.3, 0.4) is 0 Å². The molecule has 1 aliphatic rings. The number of aromatic nitrogens is 1. The molecule has 16 heavy (non-hydrogen) atoms. The summed E-state index contributed by atoms with van der Waals surface area (Å²) in [7, 11) is 0. The molecule has 1 aliphatic carbocycles. The highest BCUT2D eigenvalue weighted by Crippen LogP contribution is 2.28. The maximum atomic E-state index is 11.7. The first kappa shape index (κ1) is 13.1. The van der Waals surface area contributed by atoms with Crippen molar-refractivity contribution < 1.29 is 4.79 Å². The zero-order valence-corrected chi connectivity index (χ0v) is 10.2. The van der Waals surface area contributed by atoms with Crippen LogP contribution in [0.15, 0.2) is 12.4 Å². The van der Waals surface area contributed by atoms with Crippen LogP contribution < -0.4 is 11.1 Å². The molecule has 0 spiro atoms. The number of nitrogens with two attached hydrogens (primary N) is 1. The van der Waals surface area contributed by atoms with Gasteiger partial charge in [0.25, 0.3) is 5.91 Å². The predicted molar refractivity (Wildman–Crippen MR) is 65.9 cm³/mol. The lowest BCUT2D eigenvalue weighted by Crippen LogP contribution is -2.54. The van der Waals surface area contributed by atoms with Crippen LogP contribution in [0.25, 0.3) is 0 Å². The summed E-state index contributed by atoms with van der Waals surface area (Å²) < 4.78 is 0. The zero-order valence-electron chi connectivity index (χ0n) is 9.38. The van der Waals surface area contributed by atoms with Gasteiger partial charge in [-0.15, -0.1) is 12.4 Å². The second-order valence-corrected chi connectivity index (χ2v) is 4.45. The van der Waals surface area contributed by atoms with E-state index in [9.17, 15) is 4.79 Å². The van der Waals surface area contributed by atoms with Crippen LogP contribution in [0, 0.1) is 6.92 Å². The Balaban J connectivity index is 0.00000128. The van der Waals surface area contributed by atoms with Gasteiger partial charge in [0.15, 0.2) is 0 Å². The molecule has 0 saturated heterocycles. The summed E-state index contributed by atoms with van der Waals surface area (Å²) in [5.41, 5.74) is 7.54. The molecular formula is C11H18ClN3O. The van der Waals surface area contributed by atoms with Crippen molar-refractivity contribution >= 4 is 18.3 Å². The minimum absolute atomic E-state index is 0. The van der Waals surface area contributed by atoms with Gasteiger partial charge in [-0.05, 0) is 31.7 Å². The zero-order chi connectivity index (χ0) is 10.9. The average molecular weight is 244 g/mol. The average Bonchev–Trinajstić information content (AvgIpc) is 2.58. The molecule has 1 saturated carbocycles. The highest BCUT2D eigenvalue weighted by molar-refractivity contribution is 5.95. The normalized spacial score (nSPS) is 17.1. The summed E-state index contributed by atoms with van der Waals surface area (Å²) in [6.45, 7) is 2.49. The van der Waals surface area contributed by atoms with E-state index in [1.807, 2.05) is 13.1 Å². The smallest absolute Gasteiger partial charge is 0.253 e. The van der Waals surface area contributed by atoms with E-state index in [1.165, 1.54) is 6.42 Å². The van der Waals surface area contributed by atoms with E-state index in [0.29, 0.717) is 12.1 Å². The lowest BCUT2D eigenvalue weighted by Gasteiger charge is -2.38. The molecular weight excluding hydrogens is 226 g/mol. The monoisotopic (exact) mass is 243 g/mol. The maximum absolute atomic E-state index is 11.7. The Kier molecular flexibility index (Phi) is 3.99. The fraction of sp³-hybridized carbons (Fsp3) is 0.545. The summed E-state index contributed by atoms with van der Waals surface area (Å²) >= 11 is 0. The van der Waals surface area contributed by atoms with Crippen molar-refractivity contribution in [2.75, 3.05) is 6.54 Å². The standard InChI is InChI=1S/C11H17N3O.ClH/c1-8-5-13-6-9(8)10(15)14-7-11(12)3-2-4-11;/h5-6,13H,2-4,7,12H2,1H3,(H,14,15);1H. The second kappa shape index (κ2) is 4.89. The van der Waals surface area contributed by atoms with Crippen molar-refractivity contribution in [2.45, 2.75) is 31.7 Å². The molecule has 4 N–H and O–H groups in total. The molecule has 1 heterocycles. The van der Waals surface area contributed by atoms with Crippen LogP contribution in [0.5, 0.6) is 0 Å². The quantitative estimate of drug-likeness (QED) is 0.750. The van der Waals surface area contributed by atoms with Crippen LogP contribution in [0.2, 0.25) is 0 Å². The molecule has 0 atom stereocenters. The highest BCUT2D eigenvalue weighted by atomic mass is 35.5. The minimum Gasteiger partial charge on any atom is -0.367 e. The van der Waals surface area contributed by atoms with Crippen molar-refractivity contribution in [2.24, 2.45) is 5.73 Å². The number of nitrogens with one attached hydrogen (secondary N) is 2. The molecule has 5 heteroatoms. The topological polar surface area (TPSA) is 70.9 Å². The lowest BCUT2D eigenvalue weighted by atomic mass is 9.78. The molecule has 0 aromatic carbocycles. The summed E-state index contributed by atoms with van der Waals surface area (Å²) in [6.07, 6.45) is 6.74. The van der Waals surface area contributed by atoms with Crippen LogP contribution >= 0.6 is 12.4 Å². The molecule has 1 amide bonds. The van der Waals surface area contributed by atoms with E-state index >= 15 is 0 Å². The number of amides is 1. The van der Waals surface area contributed by atoms with Crippen LogP contribution in [-0.2, 0) is 0 Å². The Bertz CT molecular complexity index is 371. The SMILES string of the molecule is Cc1c[nH]cc1C(=O)NCC1(N)CCC1.Cl. The number of hydrogen-bond acceptors (Lipinski definition) is 2. The molecule has 1 fully saturated rings. The molecule has 4 nitrogen and oxygen atoms in total. The van der Waals surface area contributed by atoms with E-state index in [-0.39, 0.29) is 23.9 Å². The number of aromatic amines is 1. The Morgan fingerprint density at radius 2 is 2.25 bits per heavy atom. The number of carbonyl (C=O) groups excluding carboxylic acids is 1. The van der Waals surface area contributed by atoms with E-state index in [4.69, 9.17) is 5.73 Å². The molecule has 0 aliphatic heterocycles. The molecule has 0 unspecified atom stereocenters. The highest BCUT2D eigenvalue weighted by Gasteiger charge is 2.32. The molecule has 90 valence electrons. The van der Waals surface area contributed by atoms with Crippen molar-refractivity contribution in [1.82, 2.24) is 10.3 Å². The van der Waals surface area contributed by atoms with Gasteiger partial charge < -0.3 is 16.0 Å². The number of hydrogen-bond donors (Lipinski definition) is 3. The molecule has 0 bridgehead atoms. The number of H-pyrrole nitrogens is 1. The van der Waals surface area contributed by atoms with Gasteiger partial charge in [0.1, 0.15) is 0 Å². The van der Waals surface area contributed by atoms with Gasteiger partial charge >= 0.3 is 0 Å². The fourth-order valence-corrected chi connectivity index (χ4v) is 1.85. The first-order valence-corrected chi connectivity index (χ1v) is 5.31. The van der Waals surface area contributed by atoms with Gasteiger partial charge in [-0.2, -0.15) is 0 Å². The first-order valence-electron chi connectivity index (χ1n) is 5.31. The van der Waals surface area contributed by atoms with Crippen LogP contribution in [0.4, 0.5) is 0 Å². The summed E-state index contributed by atoms with van der Waals surface area (Å²) in [6, 6.07) is 0. The summed E-state index contributed by atoms with van der Waals surface area (Å²) in [5.74, 6) is -0.0366. The van der Waals surface area contributed by atoms with Gasteiger partial charge in [0.2, 0.25) is 0 Å². The van der Waals surface area contributed by atoms with Gasteiger partial charge in [-0.3, -0.25) is 4.79 Å². The van der Waals surface area contributed by atoms with Gasteiger partial charge in [0.05, 0.1) is 5.56 Å². The van der Waals surface area contributed by atoms with E-state index < -0.39 is 0 Å². The van der Waals surface area contributed by atoms with Crippen molar-refractivity contribution in [3.63, 3.8) is 0 Å². The van der Waals surface area contributed by atoms with Gasteiger partial charge in [0, 0.05) is 24.5 Å².